The van der Waals surface area contributed by atoms with E-state index in [2.05, 4.69) is 42.8 Å². The molecule has 0 aliphatic heterocycles. The molecule has 1 aromatic rings. The van der Waals surface area contributed by atoms with E-state index in [1.807, 2.05) is 6.20 Å². The van der Waals surface area contributed by atoms with Gasteiger partial charge >= 0.3 is 0 Å². The van der Waals surface area contributed by atoms with Gasteiger partial charge in [-0.05, 0) is 39.2 Å². The second-order valence-electron chi connectivity index (χ2n) is 5.84. The van der Waals surface area contributed by atoms with Crippen LogP contribution in [0.15, 0.2) is 6.20 Å². The lowest BCUT2D eigenvalue weighted by Crippen LogP contribution is -2.32. The fraction of sp³-hybridized carbons (Fsp3) is 0.800. The van der Waals surface area contributed by atoms with Crippen molar-refractivity contribution in [3.05, 3.63) is 11.9 Å². The van der Waals surface area contributed by atoms with Gasteiger partial charge in [-0.2, -0.15) is 5.10 Å². The minimum Gasteiger partial charge on any atom is -0.493 e. The van der Waals surface area contributed by atoms with Crippen molar-refractivity contribution in [2.75, 3.05) is 13.7 Å². The van der Waals surface area contributed by atoms with Crippen LogP contribution in [0.1, 0.15) is 58.2 Å². The van der Waals surface area contributed by atoms with Crippen LogP contribution >= 0.6 is 0 Å². The summed E-state index contributed by atoms with van der Waals surface area (Å²) >= 11 is 0. The zero-order valence-corrected chi connectivity index (χ0v) is 12.8. The van der Waals surface area contributed by atoms with E-state index in [1.54, 1.807) is 7.11 Å². The summed E-state index contributed by atoms with van der Waals surface area (Å²) in [6.07, 6.45) is 4.32. The number of nitrogens with one attached hydrogen (secondary N) is 1. The summed E-state index contributed by atoms with van der Waals surface area (Å²) in [7, 11) is 1.74. The highest BCUT2D eigenvalue weighted by Crippen LogP contribution is 2.43. The smallest absolute Gasteiger partial charge is 0.160 e. The zero-order chi connectivity index (χ0) is 14.0. The lowest BCUT2D eigenvalue weighted by Gasteiger charge is -2.24. The average Bonchev–Trinajstić information content (AvgIpc) is 2.94. The molecule has 0 amide bonds. The second-order valence-corrected chi connectivity index (χ2v) is 5.84. The van der Waals surface area contributed by atoms with Crippen molar-refractivity contribution >= 4 is 0 Å². The molecule has 4 nitrogen and oxygen atoms in total. The minimum absolute atomic E-state index is 0.379. The number of hydrogen-bond acceptors (Lipinski definition) is 3. The normalized spacial score (nSPS) is 27.2. The van der Waals surface area contributed by atoms with Crippen molar-refractivity contribution in [3.8, 4) is 5.75 Å². The van der Waals surface area contributed by atoms with Gasteiger partial charge in [-0.3, -0.25) is 4.68 Å². The molecule has 1 saturated carbocycles. The number of aromatic nitrogens is 2. The van der Waals surface area contributed by atoms with E-state index >= 15 is 0 Å². The molecular formula is C15H27N3O. The number of hydrogen-bond donors (Lipinski definition) is 1. The third-order valence-corrected chi connectivity index (χ3v) is 4.38. The maximum atomic E-state index is 5.53. The summed E-state index contributed by atoms with van der Waals surface area (Å²) < 4.78 is 7.66. The second kappa shape index (κ2) is 5.95. The lowest BCUT2D eigenvalue weighted by atomic mass is 9.92. The van der Waals surface area contributed by atoms with Gasteiger partial charge in [0.25, 0.3) is 0 Å². The van der Waals surface area contributed by atoms with Crippen molar-refractivity contribution in [1.29, 1.82) is 0 Å². The lowest BCUT2D eigenvalue weighted by molar-refractivity contribution is 0.364. The standard InChI is InChI=1S/C15H27N3O/c1-6-16-13-8-7-12(11(13)4)15-14(19-5)9-17-18(15)10(2)3/h9-13,16H,6-8H2,1-5H3. The molecule has 3 unspecified atom stereocenters. The molecule has 2 rings (SSSR count). The molecule has 0 radical (unpaired) electrons. The van der Waals surface area contributed by atoms with E-state index in [1.165, 1.54) is 18.5 Å². The minimum atomic E-state index is 0.379. The van der Waals surface area contributed by atoms with Crippen LogP contribution in [0.25, 0.3) is 0 Å². The van der Waals surface area contributed by atoms with Crippen molar-refractivity contribution < 1.29 is 4.74 Å². The summed E-state index contributed by atoms with van der Waals surface area (Å²) in [6.45, 7) is 9.93. The van der Waals surface area contributed by atoms with Crippen molar-refractivity contribution in [2.45, 2.75) is 58.5 Å². The predicted molar refractivity (Wildman–Crippen MR) is 77.8 cm³/mol. The molecule has 0 aromatic carbocycles. The fourth-order valence-corrected chi connectivity index (χ4v) is 3.38. The summed E-state index contributed by atoms with van der Waals surface area (Å²) in [6, 6.07) is 1.000. The summed E-state index contributed by atoms with van der Waals surface area (Å²) in [5, 5.41) is 8.11. The number of rotatable bonds is 5. The average molecular weight is 265 g/mol. The van der Waals surface area contributed by atoms with Crippen LogP contribution in [0.4, 0.5) is 0 Å². The third-order valence-electron chi connectivity index (χ3n) is 4.38. The molecule has 1 aromatic heterocycles. The Morgan fingerprint density at radius 2 is 2.21 bits per heavy atom. The summed E-state index contributed by atoms with van der Waals surface area (Å²) in [4.78, 5) is 0. The molecule has 1 aliphatic carbocycles. The molecule has 0 spiro atoms. The molecule has 1 fully saturated rings. The van der Waals surface area contributed by atoms with E-state index in [0.717, 1.165) is 12.3 Å². The van der Waals surface area contributed by atoms with Crippen LogP contribution in [-0.2, 0) is 0 Å². The molecule has 108 valence electrons. The molecule has 19 heavy (non-hydrogen) atoms. The van der Waals surface area contributed by atoms with E-state index in [0.29, 0.717) is 23.9 Å². The van der Waals surface area contributed by atoms with Gasteiger partial charge in [0.05, 0.1) is 19.0 Å². The monoisotopic (exact) mass is 265 g/mol. The van der Waals surface area contributed by atoms with Gasteiger partial charge in [0, 0.05) is 18.0 Å². The molecule has 1 aliphatic rings. The summed E-state index contributed by atoms with van der Waals surface area (Å²) in [5.74, 6) is 2.12. The van der Waals surface area contributed by atoms with Crippen LogP contribution < -0.4 is 10.1 Å². The topological polar surface area (TPSA) is 39.1 Å². The Morgan fingerprint density at radius 3 is 2.79 bits per heavy atom. The Kier molecular flexibility index (Phi) is 4.50. The Hall–Kier alpha value is -1.03. The van der Waals surface area contributed by atoms with Gasteiger partial charge in [0.1, 0.15) is 0 Å². The quantitative estimate of drug-likeness (QED) is 0.889. The number of ether oxygens (including phenoxy) is 1. The molecule has 1 heterocycles. The van der Waals surface area contributed by atoms with E-state index in [4.69, 9.17) is 4.74 Å². The highest BCUT2D eigenvalue weighted by atomic mass is 16.5. The SMILES string of the molecule is CCNC1CCC(c2c(OC)cnn2C(C)C)C1C. The number of methoxy groups -OCH3 is 1. The molecule has 3 atom stereocenters. The van der Waals surface area contributed by atoms with Crippen LogP contribution in [-0.4, -0.2) is 29.5 Å². The van der Waals surface area contributed by atoms with Crippen molar-refractivity contribution in [2.24, 2.45) is 5.92 Å². The fourth-order valence-electron chi connectivity index (χ4n) is 3.38. The van der Waals surface area contributed by atoms with Crippen LogP contribution in [0.3, 0.4) is 0 Å². The predicted octanol–water partition coefficient (Wildman–Crippen LogP) is 2.96. The van der Waals surface area contributed by atoms with E-state index in [-0.39, 0.29) is 0 Å². The third kappa shape index (κ3) is 2.64. The van der Waals surface area contributed by atoms with Gasteiger partial charge in [-0.15, -0.1) is 0 Å². The Labute approximate surface area is 116 Å². The van der Waals surface area contributed by atoms with Gasteiger partial charge < -0.3 is 10.1 Å². The highest BCUT2D eigenvalue weighted by molar-refractivity contribution is 5.31. The maximum absolute atomic E-state index is 5.53. The summed E-state index contributed by atoms with van der Waals surface area (Å²) in [5.41, 5.74) is 1.28. The van der Waals surface area contributed by atoms with Gasteiger partial charge in [-0.1, -0.05) is 13.8 Å². The maximum Gasteiger partial charge on any atom is 0.160 e. The van der Waals surface area contributed by atoms with E-state index in [9.17, 15) is 0 Å². The van der Waals surface area contributed by atoms with Crippen LogP contribution in [0.5, 0.6) is 5.75 Å². The molecule has 0 bridgehead atoms. The van der Waals surface area contributed by atoms with Crippen LogP contribution in [0, 0.1) is 5.92 Å². The van der Waals surface area contributed by atoms with Crippen molar-refractivity contribution in [3.63, 3.8) is 0 Å². The first kappa shape index (κ1) is 14.4. The molecule has 4 heteroatoms. The number of nitrogens with zero attached hydrogens (tertiary/aromatic N) is 2. The first-order chi connectivity index (χ1) is 9.10. The van der Waals surface area contributed by atoms with Crippen LogP contribution in [0.2, 0.25) is 0 Å². The largest absolute Gasteiger partial charge is 0.493 e. The Balaban J connectivity index is 2.29. The molecule has 1 N–H and O–H groups in total. The Morgan fingerprint density at radius 1 is 1.47 bits per heavy atom. The van der Waals surface area contributed by atoms with Gasteiger partial charge in [0.15, 0.2) is 5.75 Å². The van der Waals surface area contributed by atoms with Gasteiger partial charge in [0.2, 0.25) is 0 Å². The first-order valence-electron chi connectivity index (χ1n) is 7.44. The van der Waals surface area contributed by atoms with Crippen molar-refractivity contribution in [1.82, 2.24) is 15.1 Å². The molecule has 0 saturated heterocycles. The Bertz CT molecular complexity index is 414. The van der Waals surface area contributed by atoms with E-state index < -0.39 is 0 Å². The molecular weight excluding hydrogens is 238 g/mol. The first-order valence-corrected chi connectivity index (χ1v) is 7.44. The van der Waals surface area contributed by atoms with Gasteiger partial charge in [-0.25, -0.2) is 0 Å². The zero-order valence-electron chi connectivity index (χ0n) is 12.8. The highest BCUT2D eigenvalue weighted by Gasteiger charge is 2.37.